The van der Waals surface area contributed by atoms with Gasteiger partial charge in [0.25, 0.3) is 0 Å². The van der Waals surface area contributed by atoms with E-state index in [1.807, 2.05) is 35.2 Å². The standard InChI is InChI=1S/C15H20N4O3S/c1-23(20,21)18-13-7-9-19(10-8-13)15-17-16-14(22-15)11-12-5-3-2-4-6-12/h2-6,13,18H,7-11H2,1H3. The summed E-state index contributed by atoms with van der Waals surface area (Å²) in [4.78, 5) is 2.00. The lowest BCUT2D eigenvalue weighted by molar-refractivity contribution is 0.426. The number of nitrogens with zero attached hydrogens (tertiary/aromatic N) is 3. The highest BCUT2D eigenvalue weighted by atomic mass is 32.2. The van der Waals surface area contributed by atoms with E-state index in [1.165, 1.54) is 6.26 Å². The molecule has 7 nitrogen and oxygen atoms in total. The molecule has 2 aromatic rings. The molecule has 8 heteroatoms. The highest BCUT2D eigenvalue weighted by Crippen LogP contribution is 2.20. The van der Waals surface area contributed by atoms with Gasteiger partial charge in [0.15, 0.2) is 0 Å². The topological polar surface area (TPSA) is 88.3 Å². The van der Waals surface area contributed by atoms with Crippen LogP contribution in [0.2, 0.25) is 0 Å². The molecular formula is C15H20N4O3S. The summed E-state index contributed by atoms with van der Waals surface area (Å²) in [6.45, 7) is 1.39. The molecule has 1 saturated heterocycles. The summed E-state index contributed by atoms with van der Waals surface area (Å²) < 4.78 is 30.9. The van der Waals surface area contributed by atoms with Crippen LogP contribution < -0.4 is 9.62 Å². The minimum Gasteiger partial charge on any atom is -0.408 e. The number of hydrogen-bond acceptors (Lipinski definition) is 6. The Morgan fingerprint density at radius 2 is 1.91 bits per heavy atom. The molecule has 0 bridgehead atoms. The van der Waals surface area contributed by atoms with Gasteiger partial charge in [0, 0.05) is 19.1 Å². The Hall–Kier alpha value is -1.93. The summed E-state index contributed by atoms with van der Waals surface area (Å²) in [7, 11) is -3.16. The summed E-state index contributed by atoms with van der Waals surface area (Å²) in [5.74, 6) is 0.586. The molecule has 1 aliphatic rings. The fourth-order valence-corrected chi connectivity index (χ4v) is 3.55. The molecule has 0 aliphatic carbocycles. The van der Waals surface area contributed by atoms with Gasteiger partial charge in [-0.15, -0.1) is 5.10 Å². The molecular weight excluding hydrogens is 316 g/mol. The number of hydrogen-bond donors (Lipinski definition) is 1. The van der Waals surface area contributed by atoms with Crippen molar-refractivity contribution in [2.75, 3.05) is 24.2 Å². The Labute approximate surface area is 135 Å². The average Bonchev–Trinajstić information content (AvgIpc) is 2.96. The fraction of sp³-hybridized carbons (Fsp3) is 0.467. The van der Waals surface area contributed by atoms with E-state index in [2.05, 4.69) is 14.9 Å². The molecule has 1 aromatic heterocycles. The number of benzene rings is 1. The lowest BCUT2D eigenvalue weighted by Crippen LogP contribution is -2.44. The van der Waals surface area contributed by atoms with Gasteiger partial charge in [-0.25, -0.2) is 13.1 Å². The van der Waals surface area contributed by atoms with E-state index in [4.69, 9.17) is 4.42 Å². The van der Waals surface area contributed by atoms with Crippen molar-refractivity contribution in [1.82, 2.24) is 14.9 Å². The SMILES string of the molecule is CS(=O)(=O)NC1CCN(c2nnc(Cc3ccccc3)o2)CC1. The maximum absolute atomic E-state index is 11.3. The van der Waals surface area contributed by atoms with E-state index >= 15 is 0 Å². The molecule has 124 valence electrons. The molecule has 1 aromatic carbocycles. The van der Waals surface area contributed by atoms with Crippen molar-refractivity contribution in [1.29, 1.82) is 0 Å². The maximum atomic E-state index is 11.3. The Bertz CT molecular complexity index is 737. The third kappa shape index (κ3) is 4.52. The minimum atomic E-state index is -3.16. The monoisotopic (exact) mass is 336 g/mol. The Morgan fingerprint density at radius 1 is 1.22 bits per heavy atom. The summed E-state index contributed by atoms with van der Waals surface area (Å²) in [6, 6.07) is 10.5. The minimum absolute atomic E-state index is 0.0204. The van der Waals surface area contributed by atoms with E-state index in [0.717, 1.165) is 18.4 Å². The second-order valence-electron chi connectivity index (χ2n) is 5.79. The number of nitrogens with one attached hydrogen (secondary N) is 1. The predicted molar refractivity (Wildman–Crippen MR) is 86.8 cm³/mol. The summed E-state index contributed by atoms with van der Waals surface area (Å²) >= 11 is 0. The van der Waals surface area contributed by atoms with Crippen LogP contribution in [0.25, 0.3) is 0 Å². The fourth-order valence-electron chi connectivity index (χ4n) is 2.71. The van der Waals surface area contributed by atoms with E-state index < -0.39 is 10.0 Å². The molecule has 2 heterocycles. The first-order valence-corrected chi connectivity index (χ1v) is 9.47. The average molecular weight is 336 g/mol. The van der Waals surface area contributed by atoms with Gasteiger partial charge in [0.1, 0.15) is 0 Å². The molecule has 1 fully saturated rings. The van der Waals surface area contributed by atoms with Crippen LogP contribution in [0.1, 0.15) is 24.3 Å². The van der Waals surface area contributed by atoms with Crippen molar-refractivity contribution in [3.63, 3.8) is 0 Å². The van der Waals surface area contributed by atoms with Gasteiger partial charge < -0.3 is 9.32 Å². The van der Waals surface area contributed by atoms with Gasteiger partial charge >= 0.3 is 6.01 Å². The normalized spacial score (nSPS) is 16.7. The van der Waals surface area contributed by atoms with Crippen molar-refractivity contribution in [2.45, 2.75) is 25.3 Å². The molecule has 23 heavy (non-hydrogen) atoms. The highest BCUT2D eigenvalue weighted by molar-refractivity contribution is 7.88. The van der Waals surface area contributed by atoms with Gasteiger partial charge in [-0.05, 0) is 18.4 Å². The number of sulfonamides is 1. The lowest BCUT2D eigenvalue weighted by Gasteiger charge is -2.30. The van der Waals surface area contributed by atoms with Crippen LogP contribution in [-0.2, 0) is 16.4 Å². The quantitative estimate of drug-likeness (QED) is 0.882. The molecule has 1 N–H and O–H groups in total. The van der Waals surface area contributed by atoms with E-state index in [-0.39, 0.29) is 6.04 Å². The van der Waals surface area contributed by atoms with Crippen LogP contribution in [0, 0.1) is 0 Å². The second kappa shape index (κ2) is 6.67. The van der Waals surface area contributed by atoms with Gasteiger partial charge in [0.05, 0.1) is 12.7 Å². The highest BCUT2D eigenvalue weighted by Gasteiger charge is 2.24. The zero-order valence-electron chi connectivity index (χ0n) is 13.0. The molecule has 0 spiro atoms. The van der Waals surface area contributed by atoms with Crippen molar-refractivity contribution in [3.05, 3.63) is 41.8 Å². The van der Waals surface area contributed by atoms with Crippen molar-refractivity contribution < 1.29 is 12.8 Å². The molecule has 3 rings (SSSR count). The van der Waals surface area contributed by atoms with Crippen LogP contribution in [0.4, 0.5) is 6.01 Å². The summed E-state index contributed by atoms with van der Waals surface area (Å²) in [5, 5.41) is 8.20. The van der Waals surface area contributed by atoms with Crippen LogP contribution in [-0.4, -0.2) is 44.0 Å². The van der Waals surface area contributed by atoms with Crippen molar-refractivity contribution in [3.8, 4) is 0 Å². The number of rotatable bonds is 5. The third-order valence-electron chi connectivity index (χ3n) is 3.80. The zero-order chi connectivity index (χ0) is 16.3. The lowest BCUT2D eigenvalue weighted by atomic mass is 10.1. The predicted octanol–water partition coefficient (Wildman–Crippen LogP) is 1.18. The number of aromatic nitrogens is 2. The largest absolute Gasteiger partial charge is 0.408 e. The Kier molecular flexibility index (Phi) is 4.63. The van der Waals surface area contributed by atoms with Gasteiger partial charge in [-0.2, -0.15) is 0 Å². The Morgan fingerprint density at radius 3 is 2.57 bits per heavy atom. The zero-order valence-corrected chi connectivity index (χ0v) is 13.8. The molecule has 0 atom stereocenters. The van der Waals surface area contributed by atoms with Crippen LogP contribution >= 0.6 is 0 Å². The summed E-state index contributed by atoms with van der Waals surface area (Å²) in [6.07, 6.45) is 3.25. The van der Waals surface area contributed by atoms with Crippen molar-refractivity contribution >= 4 is 16.0 Å². The van der Waals surface area contributed by atoms with Crippen molar-refractivity contribution in [2.24, 2.45) is 0 Å². The first kappa shape index (κ1) is 15.9. The second-order valence-corrected chi connectivity index (χ2v) is 7.57. The van der Waals surface area contributed by atoms with Crippen LogP contribution in [0.5, 0.6) is 0 Å². The van der Waals surface area contributed by atoms with Crippen LogP contribution in [0.15, 0.2) is 34.7 Å². The summed E-state index contributed by atoms with van der Waals surface area (Å²) in [5.41, 5.74) is 1.12. The number of anilines is 1. The first-order chi connectivity index (χ1) is 11.0. The van der Waals surface area contributed by atoms with E-state index in [0.29, 0.717) is 31.4 Å². The Balaban J connectivity index is 1.57. The first-order valence-electron chi connectivity index (χ1n) is 7.58. The van der Waals surface area contributed by atoms with E-state index in [9.17, 15) is 8.42 Å². The molecule has 0 radical (unpaired) electrons. The molecule has 0 unspecified atom stereocenters. The van der Waals surface area contributed by atoms with Crippen LogP contribution in [0.3, 0.4) is 0 Å². The van der Waals surface area contributed by atoms with Gasteiger partial charge in [-0.3, -0.25) is 0 Å². The molecule has 0 saturated carbocycles. The smallest absolute Gasteiger partial charge is 0.318 e. The third-order valence-corrected chi connectivity index (χ3v) is 4.56. The molecule has 0 amide bonds. The van der Waals surface area contributed by atoms with Gasteiger partial charge in [-0.1, -0.05) is 35.4 Å². The number of piperidine rings is 1. The maximum Gasteiger partial charge on any atom is 0.318 e. The van der Waals surface area contributed by atoms with Gasteiger partial charge in [0.2, 0.25) is 15.9 Å². The molecule has 1 aliphatic heterocycles. The van der Waals surface area contributed by atoms with E-state index in [1.54, 1.807) is 0 Å².